The van der Waals surface area contributed by atoms with E-state index in [1.165, 1.54) is 0 Å². The molecule has 0 fully saturated rings. The number of hydrogen-bond acceptors (Lipinski definition) is 2. The van der Waals surface area contributed by atoms with Gasteiger partial charge in [0.2, 0.25) is 0 Å². The Hall–Kier alpha value is -1.13. The molecule has 0 aliphatic carbocycles. The number of carbonyl (C=O) groups is 1. The van der Waals surface area contributed by atoms with Crippen LogP contribution < -0.4 is 0 Å². The van der Waals surface area contributed by atoms with Crippen LogP contribution in [0.25, 0.3) is 0 Å². The predicted molar refractivity (Wildman–Crippen MR) is 93.6 cm³/mol. The van der Waals surface area contributed by atoms with Crippen LogP contribution in [-0.2, 0) is 15.6 Å². The van der Waals surface area contributed by atoms with Crippen molar-refractivity contribution in [1.29, 1.82) is 0 Å². The summed E-state index contributed by atoms with van der Waals surface area (Å²) in [6, 6.07) is 9.76. The minimum Gasteiger partial charge on any atom is -0.481 e. The maximum absolute atomic E-state index is 11.8. The molecule has 124 valence electrons. The van der Waals surface area contributed by atoms with Crippen LogP contribution in [0.4, 0.5) is 0 Å². The molecule has 22 heavy (non-hydrogen) atoms. The van der Waals surface area contributed by atoms with Crippen LogP contribution >= 0.6 is 0 Å². The van der Waals surface area contributed by atoms with Gasteiger partial charge in [0.25, 0.3) is 0 Å². The van der Waals surface area contributed by atoms with Gasteiger partial charge in [0.15, 0.2) is 8.32 Å². The Morgan fingerprint density at radius 2 is 1.64 bits per heavy atom. The molecule has 0 aliphatic heterocycles. The van der Waals surface area contributed by atoms with Crippen molar-refractivity contribution in [2.24, 2.45) is 5.92 Å². The number of hydrogen-bond donors (Lipinski definition) is 1. The van der Waals surface area contributed by atoms with E-state index in [0.29, 0.717) is 6.42 Å². The third-order valence-corrected chi connectivity index (χ3v) is 9.39. The van der Waals surface area contributed by atoms with Crippen molar-refractivity contribution in [2.75, 3.05) is 0 Å². The van der Waals surface area contributed by atoms with Crippen molar-refractivity contribution in [2.45, 2.75) is 64.8 Å². The van der Waals surface area contributed by atoms with E-state index in [4.69, 9.17) is 4.43 Å². The van der Waals surface area contributed by atoms with E-state index in [0.717, 1.165) is 5.56 Å². The SMILES string of the molecule is CC(C)(O[Si](C)(C)C(C)(C)C)C(Cc1ccccc1)C(=O)O. The minimum atomic E-state index is -2.03. The lowest BCUT2D eigenvalue weighted by molar-refractivity contribution is -0.149. The second-order valence-electron chi connectivity index (χ2n) is 8.05. The summed E-state index contributed by atoms with van der Waals surface area (Å²) in [7, 11) is -2.03. The number of benzene rings is 1. The molecule has 3 nitrogen and oxygen atoms in total. The molecule has 0 saturated carbocycles. The molecule has 1 aromatic rings. The summed E-state index contributed by atoms with van der Waals surface area (Å²) in [5, 5.41) is 9.76. The maximum Gasteiger partial charge on any atom is 0.309 e. The molecule has 1 atom stereocenters. The highest BCUT2D eigenvalue weighted by Gasteiger charge is 2.45. The van der Waals surface area contributed by atoms with E-state index < -0.39 is 25.8 Å². The molecular formula is C18H30O3Si. The quantitative estimate of drug-likeness (QED) is 0.770. The van der Waals surface area contributed by atoms with Gasteiger partial charge in [0, 0.05) is 0 Å². The van der Waals surface area contributed by atoms with Crippen molar-refractivity contribution in [3.8, 4) is 0 Å². The third kappa shape index (κ3) is 4.68. The molecule has 0 amide bonds. The van der Waals surface area contributed by atoms with E-state index in [1.807, 2.05) is 44.2 Å². The molecule has 1 rings (SSSR count). The predicted octanol–water partition coefficient (Wildman–Crippen LogP) is 4.73. The first-order valence-corrected chi connectivity index (χ1v) is 10.7. The summed E-state index contributed by atoms with van der Waals surface area (Å²) in [4.78, 5) is 11.8. The zero-order valence-electron chi connectivity index (χ0n) is 14.9. The summed E-state index contributed by atoms with van der Waals surface area (Å²) in [5.74, 6) is -1.36. The van der Waals surface area contributed by atoms with Crippen LogP contribution in [0.15, 0.2) is 30.3 Å². The Morgan fingerprint density at radius 3 is 2.05 bits per heavy atom. The standard InChI is InChI=1S/C18H30O3Si/c1-17(2,3)22(6,7)21-18(4,5)15(16(19)20)13-14-11-9-8-10-12-14/h8-12,15H,13H2,1-7H3,(H,19,20). The lowest BCUT2D eigenvalue weighted by Crippen LogP contribution is -2.52. The van der Waals surface area contributed by atoms with Crippen molar-refractivity contribution >= 4 is 14.3 Å². The van der Waals surface area contributed by atoms with E-state index in [-0.39, 0.29) is 5.04 Å². The Kier molecular flexibility index (Phi) is 5.63. The summed E-state index contributed by atoms with van der Waals surface area (Å²) < 4.78 is 6.44. The first kappa shape index (κ1) is 18.9. The molecule has 0 heterocycles. The van der Waals surface area contributed by atoms with Gasteiger partial charge >= 0.3 is 5.97 Å². The van der Waals surface area contributed by atoms with Gasteiger partial charge in [-0.2, -0.15) is 0 Å². The fourth-order valence-electron chi connectivity index (χ4n) is 2.36. The van der Waals surface area contributed by atoms with Gasteiger partial charge in [-0.05, 0) is 44.0 Å². The molecular weight excluding hydrogens is 292 g/mol. The van der Waals surface area contributed by atoms with Crippen LogP contribution in [0.3, 0.4) is 0 Å². The number of carboxylic acids is 1. The highest BCUT2D eigenvalue weighted by atomic mass is 28.4. The molecule has 0 bridgehead atoms. The molecule has 0 radical (unpaired) electrons. The molecule has 0 aliphatic rings. The fraction of sp³-hybridized carbons (Fsp3) is 0.611. The first-order chi connectivity index (χ1) is 9.87. The van der Waals surface area contributed by atoms with Crippen molar-refractivity contribution < 1.29 is 14.3 Å². The monoisotopic (exact) mass is 322 g/mol. The number of aliphatic carboxylic acids is 1. The lowest BCUT2D eigenvalue weighted by Gasteiger charge is -2.45. The maximum atomic E-state index is 11.8. The van der Waals surface area contributed by atoms with Crippen LogP contribution in [0.1, 0.15) is 40.2 Å². The Balaban J connectivity index is 3.01. The zero-order chi connectivity index (χ0) is 17.2. The topological polar surface area (TPSA) is 46.5 Å². The van der Waals surface area contributed by atoms with Gasteiger partial charge in [-0.15, -0.1) is 0 Å². The van der Waals surface area contributed by atoms with E-state index in [2.05, 4.69) is 33.9 Å². The normalized spacial score (nSPS) is 14.7. The number of carboxylic acid groups (broad SMARTS) is 1. The van der Waals surface area contributed by atoms with Gasteiger partial charge in [-0.25, -0.2) is 0 Å². The van der Waals surface area contributed by atoms with Gasteiger partial charge in [0.05, 0.1) is 11.5 Å². The summed E-state index contributed by atoms with van der Waals surface area (Å²) in [6.07, 6.45) is 0.484. The average Bonchev–Trinajstić information content (AvgIpc) is 2.34. The van der Waals surface area contributed by atoms with Gasteiger partial charge < -0.3 is 9.53 Å². The fourth-order valence-corrected chi connectivity index (χ4v) is 4.13. The highest BCUT2D eigenvalue weighted by molar-refractivity contribution is 6.74. The van der Waals surface area contributed by atoms with Crippen LogP contribution in [-0.4, -0.2) is 25.0 Å². The largest absolute Gasteiger partial charge is 0.481 e. The van der Waals surface area contributed by atoms with Crippen LogP contribution in [0.2, 0.25) is 18.1 Å². The van der Waals surface area contributed by atoms with Crippen LogP contribution in [0.5, 0.6) is 0 Å². The molecule has 0 spiro atoms. The van der Waals surface area contributed by atoms with Crippen molar-refractivity contribution in [3.05, 3.63) is 35.9 Å². The molecule has 1 N–H and O–H groups in total. The van der Waals surface area contributed by atoms with Crippen molar-refractivity contribution in [1.82, 2.24) is 0 Å². The third-order valence-electron chi connectivity index (χ3n) is 4.74. The molecule has 0 saturated heterocycles. The first-order valence-electron chi connectivity index (χ1n) is 7.84. The summed E-state index contributed by atoms with van der Waals surface area (Å²) in [5.41, 5.74) is 0.326. The smallest absolute Gasteiger partial charge is 0.309 e. The average molecular weight is 323 g/mol. The zero-order valence-corrected chi connectivity index (χ0v) is 15.9. The van der Waals surface area contributed by atoms with E-state index >= 15 is 0 Å². The van der Waals surface area contributed by atoms with Crippen molar-refractivity contribution in [3.63, 3.8) is 0 Å². The Labute approximate surface area is 135 Å². The second kappa shape index (κ2) is 6.55. The number of rotatable bonds is 6. The van der Waals surface area contributed by atoms with E-state index in [9.17, 15) is 9.90 Å². The van der Waals surface area contributed by atoms with Gasteiger partial charge in [-0.1, -0.05) is 51.1 Å². The van der Waals surface area contributed by atoms with Crippen LogP contribution in [0, 0.1) is 5.92 Å². The molecule has 4 heteroatoms. The second-order valence-corrected chi connectivity index (χ2v) is 12.8. The van der Waals surface area contributed by atoms with E-state index in [1.54, 1.807) is 0 Å². The molecule has 1 unspecified atom stereocenters. The summed E-state index contributed by atoms with van der Waals surface area (Å²) >= 11 is 0. The Bertz CT molecular complexity index is 501. The Morgan fingerprint density at radius 1 is 1.14 bits per heavy atom. The van der Waals surface area contributed by atoms with Gasteiger partial charge in [0.1, 0.15) is 0 Å². The molecule has 1 aromatic carbocycles. The minimum absolute atomic E-state index is 0.0556. The molecule has 0 aromatic heterocycles. The lowest BCUT2D eigenvalue weighted by atomic mass is 9.85. The van der Waals surface area contributed by atoms with Gasteiger partial charge in [-0.3, -0.25) is 4.79 Å². The summed E-state index contributed by atoms with van der Waals surface area (Å²) in [6.45, 7) is 14.7. The highest BCUT2D eigenvalue weighted by Crippen LogP contribution is 2.41.